The largest absolute Gasteiger partial charge is 0.497 e. The lowest BCUT2D eigenvalue weighted by atomic mass is 10.0. The van der Waals surface area contributed by atoms with Crippen LogP contribution in [0.1, 0.15) is 47.0 Å². The van der Waals surface area contributed by atoms with E-state index in [0.717, 1.165) is 10.9 Å². The normalized spacial score (nSPS) is 21.1. The Morgan fingerprint density at radius 3 is 2.39 bits per heavy atom. The number of carbonyl (C=O) groups excluding carboxylic acids is 5. The van der Waals surface area contributed by atoms with Crippen LogP contribution in [-0.4, -0.2) is 73.5 Å². The summed E-state index contributed by atoms with van der Waals surface area (Å²) in [5, 5.41) is 14.7. The molecule has 2 aliphatic heterocycles. The summed E-state index contributed by atoms with van der Waals surface area (Å²) in [5.74, 6) is -1.52. The molecule has 1 spiro atoms. The van der Waals surface area contributed by atoms with Crippen LogP contribution < -0.4 is 36.1 Å². The summed E-state index contributed by atoms with van der Waals surface area (Å²) in [6, 6.07) is 18.2. The van der Waals surface area contributed by atoms with Crippen molar-refractivity contribution in [1.82, 2.24) is 26.6 Å². The van der Waals surface area contributed by atoms with Gasteiger partial charge < -0.3 is 40.5 Å². The molecule has 0 unspecified atom stereocenters. The summed E-state index contributed by atoms with van der Waals surface area (Å²) in [7, 11) is 1.53. The van der Waals surface area contributed by atoms with Gasteiger partial charge in [-0.3, -0.25) is 24.0 Å². The molecule has 3 aromatic carbocycles. The van der Waals surface area contributed by atoms with Gasteiger partial charge in [0.2, 0.25) is 23.6 Å². The summed E-state index contributed by atoms with van der Waals surface area (Å²) in [6.07, 6.45) is 1.15. The Morgan fingerprint density at radius 2 is 1.69 bits per heavy atom. The summed E-state index contributed by atoms with van der Waals surface area (Å²) < 4.78 is 17.0. The first-order valence-electron chi connectivity index (χ1n) is 16.9. The minimum Gasteiger partial charge on any atom is -0.497 e. The summed E-state index contributed by atoms with van der Waals surface area (Å²) in [4.78, 5) is 67.7. The van der Waals surface area contributed by atoms with Gasteiger partial charge in [-0.15, -0.1) is 0 Å². The zero-order chi connectivity index (χ0) is 36.1. The molecule has 7 rings (SSSR count). The Labute approximate surface area is 294 Å². The van der Waals surface area contributed by atoms with Gasteiger partial charge in [-0.1, -0.05) is 42.5 Å². The van der Waals surface area contributed by atoms with Crippen LogP contribution in [0.5, 0.6) is 11.5 Å². The molecule has 266 valence electrons. The molecule has 51 heavy (non-hydrogen) atoms. The van der Waals surface area contributed by atoms with E-state index in [1.54, 1.807) is 49.4 Å². The van der Waals surface area contributed by atoms with Crippen LogP contribution in [0.2, 0.25) is 0 Å². The van der Waals surface area contributed by atoms with Crippen LogP contribution in [0, 0.1) is 6.92 Å². The van der Waals surface area contributed by atoms with Crippen molar-refractivity contribution >= 4 is 40.5 Å². The quantitative estimate of drug-likeness (QED) is 0.198. The van der Waals surface area contributed by atoms with Crippen LogP contribution in [-0.2, 0) is 32.0 Å². The lowest BCUT2D eigenvalue weighted by Crippen LogP contribution is -2.59. The van der Waals surface area contributed by atoms with Gasteiger partial charge in [0, 0.05) is 29.9 Å². The second kappa shape index (κ2) is 15.0. The highest BCUT2D eigenvalue weighted by Gasteiger charge is 2.51. The van der Waals surface area contributed by atoms with Crippen molar-refractivity contribution in [3.63, 3.8) is 0 Å². The molecule has 4 aromatic rings. The second-order valence-corrected chi connectivity index (χ2v) is 12.9. The average molecular weight is 696 g/mol. The van der Waals surface area contributed by atoms with Crippen molar-refractivity contribution < 1.29 is 37.9 Å². The number of carbonyl (C=O) groups is 5. The number of hydrogen-bond donors (Lipinski definition) is 5. The van der Waals surface area contributed by atoms with Crippen molar-refractivity contribution in [1.29, 1.82) is 0 Å². The molecule has 13 heteroatoms. The lowest BCUT2D eigenvalue weighted by molar-refractivity contribution is -0.134. The number of fused-ring (bicyclic) bond motifs is 16. The van der Waals surface area contributed by atoms with Gasteiger partial charge in [-0.05, 0) is 62.1 Å². The Bertz CT molecular complexity index is 1940. The maximum atomic E-state index is 13.8. The fourth-order valence-electron chi connectivity index (χ4n) is 6.03. The van der Waals surface area contributed by atoms with Gasteiger partial charge in [0.1, 0.15) is 47.4 Å². The number of methoxy groups -OCH3 is 1. The number of nitrogens with one attached hydrogen (secondary N) is 5. The maximum Gasteiger partial charge on any atom is 0.287 e. The van der Waals surface area contributed by atoms with Gasteiger partial charge in [0.25, 0.3) is 5.91 Å². The molecule has 13 nitrogen and oxygen atoms in total. The zero-order valence-corrected chi connectivity index (χ0v) is 28.7. The topological polar surface area (TPSA) is 177 Å². The van der Waals surface area contributed by atoms with Crippen LogP contribution in [0.4, 0.5) is 0 Å². The first-order chi connectivity index (χ1) is 24.5. The van der Waals surface area contributed by atoms with E-state index in [0.29, 0.717) is 41.1 Å². The predicted octanol–water partition coefficient (Wildman–Crippen LogP) is 2.48. The number of benzene rings is 3. The van der Waals surface area contributed by atoms with E-state index in [2.05, 4.69) is 26.6 Å². The van der Waals surface area contributed by atoms with E-state index in [1.807, 2.05) is 30.3 Å². The molecular formula is C38H41N5O8. The molecule has 1 fully saturated rings. The molecule has 3 aliphatic rings. The number of furan rings is 1. The number of hydrogen-bond acceptors (Lipinski definition) is 8. The number of ether oxygens (including phenoxy) is 2. The highest BCUT2D eigenvalue weighted by Crippen LogP contribution is 2.36. The first kappa shape index (κ1) is 35.0. The highest BCUT2D eigenvalue weighted by molar-refractivity contribution is 6.02. The van der Waals surface area contributed by atoms with E-state index in [9.17, 15) is 24.0 Å². The molecule has 0 saturated heterocycles. The minimum atomic E-state index is -1.11. The second-order valence-electron chi connectivity index (χ2n) is 12.9. The molecular weight excluding hydrogens is 654 g/mol. The van der Waals surface area contributed by atoms with Crippen LogP contribution in [0.25, 0.3) is 11.0 Å². The van der Waals surface area contributed by atoms with E-state index in [-0.39, 0.29) is 37.7 Å². The Morgan fingerprint density at radius 1 is 0.941 bits per heavy atom. The Balaban J connectivity index is 1.26. The van der Waals surface area contributed by atoms with E-state index < -0.39 is 47.3 Å². The number of amides is 5. The monoisotopic (exact) mass is 695 g/mol. The maximum absolute atomic E-state index is 13.8. The molecule has 1 saturated carbocycles. The standard InChI is InChI=1S/C38H41N5O8/c1-22-28-14-13-27(49-3)21-31(28)51-32(22)36(47)42-29-20-25-9-11-26(12-10-25)50-18-17-39-37(48)38(15-16-38)43-35(46)30(19-24-7-5-4-6-8-24)41-33(44)23(2)40-34(29)45/h4-14,21,23,29-30H,15-20H2,1-3H3,(H,39,48)(H,40,45)(H,41,44)(H,42,47)(H,43,46)/t23-,29-,30+/m0/s1. The van der Waals surface area contributed by atoms with Crippen molar-refractivity contribution in [2.75, 3.05) is 20.3 Å². The smallest absolute Gasteiger partial charge is 0.287 e. The number of aryl methyl sites for hydroxylation is 1. The fraction of sp³-hybridized carbons (Fsp3) is 0.342. The van der Waals surface area contributed by atoms with Gasteiger partial charge in [0.15, 0.2) is 5.76 Å². The van der Waals surface area contributed by atoms with Gasteiger partial charge in [-0.25, -0.2) is 0 Å². The van der Waals surface area contributed by atoms with E-state index in [1.165, 1.54) is 14.0 Å². The first-order valence-corrected chi connectivity index (χ1v) is 16.9. The number of rotatable bonds is 5. The summed E-state index contributed by atoms with van der Waals surface area (Å²) >= 11 is 0. The van der Waals surface area contributed by atoms with Gasteiger partial charge >= 0.3 is 0 Å². The molecule has 5 N–H and O–H groups in total. The summed E-state index contributed by atoms with van der Waals surface area (Å²) in [6.45, 7) is 3.64. The molecule has 2 bridgehead atoms. The third-order valence-corrected chi connectivity index (χ3v) is 9.21. The molecule has 1 aromatic heterocycles. The SMILES string of the molecule is COc1ccc2c(C)c(C(=O)N[C@H]3Cc4ccc(cc4)OCCNC(=O)C4(CC4)NC(=O)[C@@H](Cc4ccccc4)NC(=O)[C@H](C)NC3=O)oc2c1. The Kier molecular flexibility index (Phi) is 10.3. The third kappa shape index (κ3) is 8.14. The van der Waals surface area contributed by atoms with E-state index >= 15 is 0 Å². The molecule has 0 radical (unpaired) electrons. The van der Waals surface area contributed by atoms with Crippen molar-refractivity contribution in [2.45, 2.75) is 63.2 Å². The summed E-state index contributed by atoms with van der Waals surface area (Å²) in [5.41, 5.74) is 1.49. The predicted molar refractivity (Wildman–Crippen MR) is 187 cm³/mol. The molecule has 5 amide bonds. The van der Waals surface area contributed by atoms with Crippen LogP contribution >= 0.6 is 0 Å². The van der Waals surface area contributed by atoms with E-state index in [4.69, 9.17) is 13.9 Å². The molecule has 3 heterocycles. The molecule has 1 aliphatic carbocycles. The van der Waals surface area contributed by atoms with Crippen molar-refractivity contribution in [3.05, 3.63) is 95.2 Å². The fourth-order valence-corrected chi connectivity index (χ4v) is 6.03. The van der Waals surface area contributed by atoms with Gasteiger partial charge in [-0.2, -0.15) is 0 Å². The molecule has 3 atom stereocenters. The van der Waals surface area contributed by atoms with Gasteiger partial charge in [0.05, 0.1) is 13.7 Å². The third-order valence-electron chi connectivity index (χ3n) is 9.21. The minimum absolute atomic E-state index is 0.0438. The lowest BCUT2D eigenvalue weighted by Gasteiger charge is -2.25. The zero-order valence-electron chi connectivity index (χ0n) is 28.7. The highest BCUT2D eigenvalue weighted by atomic mass is 16.5. The average Bonchev–Trinajstić information content (AvgIpc) is 3.84. The van der Waals surface area contributed by atoms with Crippen LogP contribution in [0.15, 0.2) is 77.2 Å². The van der Waals surface area contributed by atoms with Crippen LogP contribution in [0.3, 0.4) is 0 Å². The van der Waals surface area contributed by atoms with Crippen molar-refractivity contribution in [3.8, 4) is 11.5 Å². The Hall–Kier alpha value is -5.85. The van der Waals surface area contributed by atoms with Crippen molar-refractivity contribution in [2.24, 2.45) is 0 Å².